The molecule has 2 atom stereocenters. The summed E-state index contributed by atoms with van der Waals surface area (Å²) in [5.74, 6) is 0.553. The van der Waals surface area contributed by atoms with Gasteiger partial charge >= 0.3 is 0 Å². The zero-order valence-corrected chi connectivity index (χ0v) is 10.0. The lowest BCUT2D eigenvalue weighted by molar-refractivity contribution is -0.118. The van der Waals surface area contributed by atoms with E-state index in [-0.39, 0.29) is 11.9 Å². The van der Waals surface area contributed by atoms with E-state index in [2.05, 4.69) is 17.6 Å². The van der Waals surface area contributed by atoms with E-state index < -0.39 is 0 Å². The third-order valence-electron chi connectivity index (χ3n) is 3.58. The molecule has 1 amide bonds. The number of hydrogen-bond donors (Lipinski definition) is 2. The molecule has 0 saturated carbocycles. The molecule has 0 aromatic rings. The van der Waals surface area contributed by atoms with E-state index in [1.807, 2.05) is 6.92 Å². The smallest absolute Gasteiger partial charge is 0.247 e. The van der Waals surface area contributed by atoms with Gasteiger partial charge in [0.15, 0.2) is 0 Å². The molecule has 2 N–H and O–H groups in total. The standard InChI is InChI=1S/C12H20N2O2/c1-8(11-5-13-6-11)12(15)14-9(2)10-3-4-16-7-10/h9-10,13H,3-7H2,1-2H3,(H,14,15). The van der Waals surface area contributed by atoms with E-state index in [9.17, 15) is 4.79 Å². The lowest BCUT2D eigenvalue weighted by Crippen LogP contribution is -2.42. The maximum atomic E-state index is 11.9. The molecule has 2 heterocycles. The first-order valence-corrected chi connectivity index (χ1v) is 5.96. The fourth-order valence-corrected chi connectivity index (χ4v) is 2.06. The van der Waals surface area contributed by atoms with Crippen LogP contribution in [-0.4, -0.2) is 38.3 Å². The van der Waals surface area contributed by atoms with Gasteiger partial charge in [-0.05, 0) is 25.8 Å². The van der Waals surface area contributed by atoms with Crippen molar-refractivity contribution in [1.29, 1.82) is 0 Å². The van der Waals surface area contributed by atoms with Gasteiger partial charge in [-0.25, -0.2) is 0 Å². The maximum Gasteiger partial charge on any atom is 0.247 e. The second-order valence-electron chi connectivity index (χ2n) is 4.72. The van der Waals surface area contributed by atoms with E-state index in [0.29, 0.717) is 5.92 Å². The zero-order chi connectivity index (χ0) is 11.5. The molecule has 0 bridgehead atoms. The summed E-state index contributed by atoms with van der Waals surface area (Å²) in [7, 11) is 0. The van der Waals surface area contributed by atoms with Gasteiger partial charge in [-0.1, -0.05) is 0 Å². The van der Waals surface area contributed by atoms with E-state index in [1.54, 1.807) is 0 Å². The van der Waals surface area contributed by atoms with Crippen LogP contribution in [0.2, 0.25) is 0 Å². The summed E-state index contributed by atoms with van der Waals surface area (Å²) in [6.07, 6.45) is 1.05. The normalized spacial score (nSPS) is 26.1. The van der Waals surface area contributed by atoms with Crippen LogP contribution in [0.5, 0.6) is 0 Å². The van der Waals surface area contributed by atoms with Crippen LogP contribution in [0, 0.1) is 5.92 Å². The number of nitrogens with one attached hydrogen (secondary N) is 2. The summed E-state index contributed by atoms with van der Waals surface area (Å²) < 4.78 is 5.33. The number of carbonyl (C=O) groups is 1. The van der Waals surface area contributed by atoms with Gasteiger partial charge in [0.1, 0.15) is 0 Å². The number of amides is 1. The largest absolute Gasteiger partial charge is 0.381 e. The molecule has 2 saturated heterocycles. The summed E-state index contributed by atoms with van der Waals surface area (Å²) in [6.45, 7) is 7.30. The van der Waals surface area contributed by atoms with Crippen LogP contribution in [0.15, 0.2) is 11.1 Å². The highest BCUT2D eigenvalue weighted by Gasteiger charge is 2.24. The molecule has 90 valence electrons. The van der Waals surface area contributed by atoms with Gasteiger partial charge in [0.25, 0.3) is 0 Å². The Hall–Kier alpha value is -0.870. The molecule has 2 fully saturated rings. The molecule has 0 spiro atoms. The van der Waals surface area contributed by atoms with Crippen molar-refractivity contribution in [3.63, 3.8) is 0 Å². The Labute approximate surface area is 96.4 Å². The van der Waals surface area contributed by atoms with Crippen LogP contribution in [0.1, 0.15) is 20.3 Å². The Balaban J connectivity index is 1.86. The van der Waals surface area contributed by atoms with Gasteiger partial charge in [0.2, 0.25) is 5.91 Å². The lowest BCUT2D eigenvalue weighted by atomic mass is 9.99. The Morgan fingerprint density at radius 3 is 2.81 bits per heavy atom. The van der Waals surface area contributed by atoms with Gasteiger partial charge < -0.3 is 15.4 Å². The molecule has 0 radical (unpaired) electrons. The van der Waals surface area contributed by atoms with Crippen LogP contribution in [0.25, 0.3) is 0 Å². The number of rotatable bonds is 3. The highest BCUT2D eigenvalue weighted by Crippen LogP contribution is 2.17. The van der Waals surface area contributed by atoms with Gasteiger partial charge in [-0.15, -0.1) is 0 Å². The van der Waals surface area contributed by atoms with E-state index in [4.69, 9.17) is 4.74 Å². The SMILES string of the molecule is CC(C(=O)NC(C)C1CCOC1)=C1CNC1. The highest BCUT2D eigenvalue weighted by atomic mass is 16.5. The fraction of sp³-hybridized carbons (Fsp3) is 0.750. The van der Waals surface area contributed by atoms with Crippen molar-refractivity contribution in [2.75, 3.05) is 26.3 Å². The summed E-state index contributed by atoms with van der Waals surface area (Å²) >= 11 is 0. The van der Waals surface area contributed by atoms with Gasteiger partial charge in [-0.2, -0.15) is 0 Å². The Morgan fingerprint density at radius 1 is 1.56 bits per heavy atom. The van der Waals surface area contributed by atoms with Crippen molar-refractivity contribution >= 4 is 5.91 Å². The summed E-state index contributed by atoms with van der Waals surface area (Å²) in [6, 6.07) is 0.207. The van der Waals surface area contributed by atoms with E-state index >= 15 is 0 Å². The topological polar surface area (TPSA) is 50.4 Å². The predicted molar refractivity (Wildman–Crippen MR) is 62.1 cm³/mol. The highest BCUT2D eigenvalue weighted by molar-refractivity contribution is 5.94. The summed E-state index contributed by atoms with van der Waals surface area (Å²) in [5.41, 5.74) is 2.11. The number of ether oxygens (including phenoxy) is 1. The minimum absolute atomic E-state index is 0.0795. The van der Waals surface area contributed by atoms with Crippen LogP contribution < -0.4 is 10.6 Å². The minimum atomic E-state index is 0.0795. The zero-order valence-electron chi connectivity index (χ0n) is 10.0. The first-order valence-electron chi connectivity index (χ1n) is 5.96. The second-order valence-corrected chi connectivity index (χ2v) is 4.72. The summed E-state index contributed by atoms with van der Waals surface area (Å²) in [5, 5.41) is 6.21. The third-order valence-corrected chi connectivity index (χ3v) is 3.58. The monoisotopic (exact) mass is 224 g/mol. The molecule has 4 nitrogen and oxygen atoms in total. The van der Waals surface area contributed by atoms with Gasteiger partial charge in [0.05, 0.1) is 6.61 Å². The average molecular weight is 224 g/mol. The molecule has 2 aliphatic heterocycles. The first kappa shape index (κ1) is 11.6. The van der Waals surface area contributed by atoms with Crippen molar-refractivity contribution in [2.45, 2.75) is 26.3 Å². The average Bonchev–Trinajstić information content (AvgIpc) is 2.67. The van der Waals surface area contributed by atoms with Crippen molar-refractivity contribution in [2.24, 2.45) is 5.92 Å². The second kappa shape index (κ2) is 4.97. The Bertz CT molecular complexity index is 300. The molecule has 2 aliphatic rings. The van der Waals surface area contributed by atoms with Crippen LogP contribution >= 0.6 is 0 Å². The third kappa shape index (κ3) is 2.44. The molecular weight excluding hydrogens is 204 g/mol. The van der Waals surface area contributed by atoms with Crippen molar-refractivity contribution in [3.05, 3.63) is 11.1 Å². The summed E-state index contributed by atoms with van der Waals surface area (Å²) in [4.78, 5) is 11.9. The van der Waals surface area contributed by atoms with Gasteiger partial charge in [0, 0.05) is 37.2 Å². The fourth-order valence-electron chi connectivity index (χ4n) is 2.06. The Kier molecular flexibility index (Phi) is 3.61. The number of carbonyl (C=O) groups excluding carboxylic acids is 1. The molecule has 0 aromatic carbocycles. The van der Waals surface area contributed by atoms with Gasteiger partial charge in [-0.3, -0.25) is 4.79 Å². The van der Waals surface area contributed by atoms with Crippen LogP contribution in [0.4, 0.5) is 0 Å². The van der Waals surface area contributed by atoms with Crippen molar-refractivity contribution in [1.82, 2.24) is 10.6 Å². The first-order chi connectivity index (χ1) is 7.68. The molecule has 2 unspecified atom stereocenters. The molecular formula is C12H20N2O2. The quantitative estimate of drug-likeness (QED) is 0.684. The molecule has 4 heteroatoms. The van der Waals surface area contributed by atoms with E-state index in [1.165, 1.54) is 5.57 Å². The molecule has 2 rings (SSSR count). The minimum Gasteiger partial charge on any atom is -0.381 e. The molecule has 0 aliphatic carbocycles. The predicted octanol–water partition coefficient (Wildman–Crippen LogP) is 0.447. The lowest BCUT2D eigenvalue weighted by Gasteiger charge is -2.24. The molecule has 16 heavy (non-hydrogen) atoms. The molecule has 0 aromatic heterocycles. The van der Waals surface area contributed by atoms with E-state index in [0.717, 1.165) is 38.3 Å². The van der Waals surface area contributed by atoms with Crippen molar-refractivity contribution < 1.29 is 9.53 Å². The van der Waals surface area contributed by atoms with Crippen LogP contribution in [-0.2, 0) is 9.53 Å². The number of hydrogen-bond acceptors (Lipinski definition) is 3. The maximum absolute atomic E-state index is 11.9. The van der Waals surface area contributed by atoms with Crippen LogP contribution in [0.3, 0.4) is 0 Å². The Morgan fingerprint density at radius 2 is 2.31 bits per heavy atom. The van der Waals surface area contributed by atoms with Crippen molar-refractivity contribution in [3.8, 4) is 0 Å².